The molecule has 126 valence electrons. The maximum absolute atomic E-state index is 12.6. The summed E-state index contributed by atoms with van der Waals surface area (Å²) in [5.41, 5.74) is 1.15. The smallest absolute Gasteiger partial charge is 0.245 e. The van der Waals surface area contributed by atoms with Gasteiger partial charge in [0.05, 0.1) is 13.1 Å². The Kier molecular flexibility index (Phi) is 4.59. The summed E-state index contributed by atoms with van der Waals surface area (Å²) in [6.07, 6.45) is 0.733. The monoisotopic (exact) mass is 328 g/mol. The van der Waals surface area contributed by atoms with Crippen LogP contribution in [0.1, 0.15) is 24.2 Å². The van der Waals surface area contributed by atoms with Gasteiger partial charge in [0, 0.05) is 13.5 Å². The second-order valence-electron chi connectivity index (χ2n) is 5.92. The molecule has 1 aliphatic heterocycles. The van der Waals surface area contributed by atoms with Crippen molar-refractivity contribution in [2.75, 3.05) is 13.1 Å². The first-order valence-corrected chi connectivity index (χ1v) is 7.96. The van der Waals surface area contributed by atoms with Crippen LogP contribution in [0.25, 0.3) is 0 Å². The van der Waals surface area contributed by atoms with E-state index >= 15 is 0 Å². The SMILES string of the molecule is Cc1nc(CN2C(=O)CN(CCc3ccccc3)C(=O)[C@H]2C)no1. The quantitative estimate of drug-likeness (QED) is 0.823. The summed E-state index contributed by atoms with van der Waals surface area (Å²) in [4.78, 5) is 32.2. The van der Waals surface area contributed by atoms with Crippen LogP contribution in [0.2, 0.25) is 0 Å². The van der Waals surface area contributed by atoms with Crippen LogP contribution < -0.4 is 0 Å². The van der Waals surface area contributed by atoms with Gasteiger partial charge in [-0.25, -0.2) is 0 Å². The van der Waals surface area contributed by atoms with Gasteiger partial charge in [-0.15, -0.1) is 0 Å². The Morgan fingerprint density at radius 3 is 2.67 bits per heavy atom. The highest BCUT2D eigenvalue weighted by Crippen LogP contribution is 2.16. The summed E-state index contributed by atoms with van der Waals surface area (Å²) in [5.74, 6) is 0.708. The van der Waals surface area contributed by atoms with Gasteiger partial charge in [0.25, 0.3) is 0 Å². The molecule has 1 fully saturated rings. The van der Waals surface area contributed by atoms with Crippen molar-refractivity contribution in [3.8, 4) is 0 Å². The fourth-order valence-electron chi connectivity index (χ4n) is 2.83. The molecule has 0 bridgehead atoms. The zero-order valence-corrected chi connectivity index (χ0v) is 13.8. The van der Waals surface area contributed by atoms with E-state index < -0.39 is 6.04 Å². The minimum Gasteiger partial charge on any atom is -0.340 e. The average molecular weight is 328 g/mol. The van der Waals surface area contributed by atoms with E-state index in [4.69, 9.17) is 4.52 Å². The first kappa shape index (κ1) is 16.2. The molecule has 0 spiro atoms. The van der Waals surface area contributed by atoms with Gasteiger partial charge in [-0.1, -0.05) is 35.5 Å². The number of hydrogen-bond acceptors (Lipinski definition) is 5. The van der Waals surface area contributed by atoms with Crippen molar-refractivity contribution in [1.29, 1.82) is 0 Å². The maximum Gasteiger partial charge on any atom is 0.245 e. The molecule has 7 nitrogen and oxygen atoms in total. The van der Waals surface area contributed by atoms with Gasteiger partial charge >= 0.3 is 0 Å². The highest BCUT2D eigenvalue weighted by Gasteiger charge is 2.36. The molecule has 0 N–H and O–H groups in total. The van der Waals surface area contributed by atoms with Crippen molar-refractivity contribution in [3.05, 3.63) is 47.6 Å². The van der Waals surface area contributed by atoms with Crippen LogP contribution in [0.15, 0.2) is 34.9 Å². The molecule has 2 aromatic rings. The Labute approximate surface area is 140 Å². The molecule has 0 saturated carbocycles. The van der Waals surface area contributed by atoms with Crippen LogP contribution in [0.5, 0.6) is 0 Å². The van der Waals surface area contributed by atoms with E-state index in [-0.39, 0.29) is 24.9 Å². The normalized spacial score (nSPS) is 18.3. The van der Waals surface area contributed by atoms with Crippen LogP contribution in [0.4, 0.5) is 0 Å². The van der Waals surface area contributed by atoms with Crippen LogP contribution >= 0.6 is 0 Å². The Bertz CT molecular complexity index is 728. The number of carbonyl (C=O) groups excluding carboxylic acids is 2. The molecule has 1 aromatic heterocycles. The third kappa shape index (κ3) is 3.45. The molecule has 7 heteroatoms. The Morgan fingerprint density at radius 2 is 2.00 bits per heavy atom. The van der Waals surface area contributed by atoms with E-state index in [2.05, 4.69) is 10.1 Å². The highest BCUT2D eigenvalue weighted by atomic mass is 16.5. The summed E-state index contributed by atoms with van der Waals surface area (Å²) in [6, 6.07) is 9.40. The molecule has 1 atom stereocenters. The van der Waals surface area contributed by atoms with E-state index in [1.165, 1.54) is 4.90 Å². The molecule has 2 heterocycles. The van der Waals surface area contributed by atoms with Crippen molar-refractivity contribution in [2.24, 2.45) is 0 Å². The standard InChI is InChI=1S/C17H20N4O3/c1-12-17(23)20(9-8-14-6-4-3-5-7-14)11-16(22)21(12)10-15-18-13(2)24-19-15/h3-7,12H,8-11H2,1-2H3/t12-/m1/s1. The largest absolute Gasteiger partial charge is 0.340 e. The van der Waals surface area contributed by atoms with Gasteiger partial charge in [-0.05, 0) is 18.9 Å². The lowest BCUT2D eigenvalue weighted by Gasteiger charge is -2.38. The number of carbonyl (C=O) groups is 2. The van der Waals surface area contributed by atoms with E-state index in [1.54, 1.807) is 18.7 Å². The maximum atomic E-state index is 12.6. The second-order valence-corrected chi connectivity index (χ2v) is 5.92. The molecule has 1 aliphatic rings. The summed E-state index contributed by atoms with van der Waals surface area (Å²) in [7, 11) is 0. The molecule has 0 unspecified atom stereocenters. The molecule has 1 saturated heterocycles. The van der Waals surface area contributed by atoms with E-state index in [0.717, 1.165) is 12.0 Å². The molecule has 3 rings (SSSR count). The Morgan fingerprint density at radius 1 is 1.25 bits per heavy atom. The third-order valence-corrected chi connectivity index (χ3v) is 4.18. The number of amides is 2. The number of aryl methyl sites for hydroxylation is 1. The zero-order valence-electron chi connectivity index (χ0n) is 13.8. The van der Waals surface area contributed by atoms with Gasteiger partial charge in [0.2, 0.25) is 17.7 Å². The molecule has 0 radical (unpaired) electrons. The molecule has 24 heavy (non-hydrogen) atoms. The summed E-state index contributed by atoms with van der Waals surface area (Å²) in [6.45, 7) is 4.24. The van der Waals surface area contributed by atoms with E-state index in [0.29, 0.717) is 18.3 Å². The fraction of sp³-hybridized carbons (Fsp3) is 0.412. The Hall–Kier alpha value is -2.70. The number of nitrogens with zero attached hydrogens (tertiary/aromatic N) is 4. The number of aromatic nitrogens is 2. The summed E-state index contributed by atoms with van der Waals surface area (Å²) in [5, 5.41) is 3.79. The number of rotatable bonds is 5. The fourth-order valence-corrected chi connectivity index (χ4v) is 2.83. The minimum atomic E-state index is -0.527. The van der Waals surface area contributed by atoms with Crippen LogP contribution in [0, 0.1) is 6.92 Å². The van der Waals surface area contributed by atoms with Crippen molar-refractivity contribution in [3.63, 3.8) is 0 Å². The van der Waals surface area contributed by atoms with Crippen LogP contribution in [0.3, 0.4) is 0 Å². The lowest BCUT2D eigenvalue weighted by molar-refractivity contribution is -0.155. The van der Waals surface area contributed by atoms with E-state index in [9.17, 15) is 9.59 Å². The Balaban J connectivity index is 1.63. The first-order valence-electron chi connectivity index (χ1n) is 7.96. The number of hydrogen-bond donors (Lipinski definition) is 0. The zero-order chi connectivity index (χ0) is 17.1. The van der Waals surface area contributed by atoms with Crippen LogP contribution in [-0.2, 0) is 22.6 Å². The molecule has 2 amide bonds. The average Bonchev–Trinajstić information content (AvgIpc) is 3.00. The van der Waals surface area contributed by atoms with Crippen LogP contribution in [-0.4, -0.2) is 50.9 Å². The number of benzene rings is 1. The number of piperazine rings is 1. The van der Waals surface area contributed by atoms with Gasteiger partial charge in [0.15, 0.2) is 5.82 Å². The highest BCUT2D eigenvalue weighted by molar-refractivity contribution is 5.94. The second kappa shape index (κ2) is 6.82. The lowest BCUT2D eigenvalue weighted by atomic mass is 10.1. The predicted molar refractivity (Wildman–Crippen MR) is 85.8 cm³/mol. The first-order chi connectivity index (χ1) is 11.5. The van der Waals surface area contributed by atoms with Crippen molar-refractivity contribution < 1.29 is 14.1 Å². The topological polar surface area (TPSA) is 79.5 Å². The predicted octanol–water partition coefficient (Wildman–Crippen LogP) is 1.18. The van der Waals surface area contributed by atoms with Gasteiger partial charge in [-0.2, -0.15) is 4.98 Å². The van der Waals surface area contributed by atoms with Gasteiger partial charge in [0.1, 0.15) is 6.04 Å². The van der Waals surface area contributed by atoms with Crippen molar-refractivity contribution >= 4 is 11.8 Å². The third-order valence-electron chi connectivity index (χ3n) is 4.18. The molecule has 0 aliphatic carbocycles. The van der Waals surface area contributed by atoms with Crippen molar-refractivity contribution in [2.45, 2.75) is 32.9 Å². The van der Waals surface area contributed by atoms with Gasteiger partial charge < -0.3 is 14.3 Å². The molecular formula is C17H20N4O3. The molecule has 1 aromatic carbocycles. The van der Waals surface area contributed by atoms with Gasteiger partial charge in [-0.3, -0.25) is 9.59 Å². The summed E-state index contributed by atoms with van der Waals surface area (Å²) < 4.78 is 4.92. The summed E-state index contributed by atoms with van der Waals surface area (Å²) >= 11 is 0. The molecular weight excluding hydrogens is 308 g/mol. The van der Waals surface area contributed by atoms with E-state index in [1.807, 2.05) is 30.3 Å². The lowest BCUT2D eigenvalue weighted by Crippen LogP contribution is -2.58. The minimum absolute atomic E-state index is 0.0502. The van der Waals surface area contributed by atoms with Crippen molar-refractivity contribution in [1.82, 2.24) is 19.9 Å².